The van der Waals surface area contributed by atoms with E-state index in [0.29, 0.717) is 0 Å². The fraction of sp³-hybridized carbons (Fsp3) is 0.0500. The first-order valence-electron chi connectivity index (χ1n) is 8.36. The van der Waals surface area contributed by atoms with Crippen molar-refractivity contribution in [3.63, 3.8) is 0 Å². The number of nitrogens with one attached hydrogen (secondary N) is 3. The van der Waals surface area contributed by atoms with Crippen molar-refractivity contribution in [1.29, 1.82) is 0 Å². The summed E-state index contributed by atoms with van der Waals surface area (Å²) in [6.45, 7) is 0. The zero-order valence-electron chi connectivity index (χ0n) is 14.2. The molecule has 0 aliphatic heterocycles. The van der Waals surface area contributed by atoms with Crippen LogP contribution in [-0.4, -0.2) is 21.8 Å². The first-order chi connectivity index (χ1) is 13.2. The number of para-hydroxylation sites is 1. The van der Waals surface area contributed by atoms with Gasteiger partial charge in [0.2, 0.25) is 5.91 Å². The Morgan fingerprint density at radius 1 is 1.00 bits per heavy atom. The third-order valence-electron chi connectivity index (χ3n) is 4.10. The van der Waals surface area contributed by atoms with E-state index in [4.69, 9.17) is 0 Å². The highest BCUT2D eigenvalue weighted by atomic mass is 32.1. The Bertz CT molecular complexity index is 1100. The third-order valence-corrected chi connectivity index (χ3v) is 4.99. The minimum Gasteiger partial charge on any atom is -0.361 e. The lowest BCUT2D eigenvalue weighted by atomic mass is 10.1. The lowest BCUT2D eigenvalue weighted by Crippen LogP contribution is -2.42. The maximum Gasteiger partial charge on any atom is 0.289 e. The van der Waals surface area contributed by atoms with Crippen LogP contribution in [0.4, 0.5) is 0 Å². The second kappa shape index (κ2) is 7.43. The summed E-state index contributed by atoms with van der Waals surface area (Å²) in [7, 11) is 0. The van der Waals surface area contributed by atoms with Crippen molar-refractivity contribution in [1.82, 2.24) is 20.8 Å². The van der Waals surface area contributed by atoms with Gasteiger partial charge in [0.15, 0.2) is 0 Å². The molecule has 2 heterocycles. The number of benzene rings is 2. The van der Waals surface area contributed by atoms with Crippen LogP contribution >= 0.6 is 11.3 Å². The van der Waals surface area contributed by atoms with Crippen LogP contribution < -0.4 is 10.9 Å². The molecule has 4 aromatic rings. The van der Waals surface area contributed by atoms with Crippen molar-refractivity contribution in [3.8, 4) is 10.6 Å². The number of hydrogen-bond donors (Lipinski definition) is 3. The number of carbonyl (C=O) groups is 2. The van der Waals surface area contributed by atoms with Crippen molar-refractivity contribution >= 4 is 34.1 Å². The second-order valence-electron chi connectivity index (χ2n) is 5.94. The summed E-state index contributed by atoms with van der Waals surface area (Å²) in [5.74, 6) is -0.743. The van der Waals surface area contributed by atoms with E-state index >= 15 is 0 Å². The van der Waals surface area contributed by atoms with E-state index in [9.17, 15) is 9.59 Å². The summed E-state index contributed by atoms with van der Waals surface area (Å²) >= 11 is 1.38. The number of nitrogens with zero attached hydrogens (tertiary/aromatic N) is 1. The van der Waals surface area contributed by atoms with Crippen LogP contribution in [0, 0.1) is 0 Å². The maximum atomic E-state index is 12.2. The Balaban J connectivity index is 1.36. The Hall–Kier alpha value is -3.45. The van der Waals surface area contributed by atoms with E-state index in [2.05, 4.69) is 20.8 Å². The molecule has 0 aliphatic carbocycles. The molecule has 0 saturated carbocycles. The highest BCUT2D eigenvalue weighted by Gasteiger charge is 2.13. The smallest absolute Gasteiger partial charge is 0.289 e. The molecule has 0 fully saturated rings. The molecule has 0 aliphatic rings. The normalized spacial score (nSPS) is 10.7. The van der Waals surface area contributed by atoms with Crippen molar-refractivity contribution in [3.05, 3.63) is 77.4 Å². The average Bonchev–Trinajstić information content (AvgIpc) is 3.35. The van der Waals surface area contributed by atoms with E-state index in [1.54, 1.807) is 11.6 Å². The summed E-state index contributed by atoms with van der Waals surface area (Å²) in [6.07, 6.45) is 1.97. The highest BCUT2D eigenvalue weighted by molar-refractivity contribution is 7.13. The monoisotopic (exact) mass is 376 g/mol. The van der Waals surface area contributed by atoms with Gasteiger partial charge in [0.05, 0.1) is 6.42 Å². The lowest BCUT2D eigenvalue weighted by molar-refractivity contribution is -0.121. The minimum absolute atomic E-state index is 0.163. The fourth-order valence-corrected chi connectivity index (χ4v) is 3.58. The molecular formula is C20H16N4O2S. The van der Waals surface area contributed by atoms with E-state index in [1.165, 1.54) is 11.3 Å². The third kappa shape index (κ3) is 3.73. The van der Waals surface area contributed by atoms with Gasteiger partial charge in [-0.05, 0) is 11.6 Å². The Morgan fingerprint density at radius 2 is 1.78 bits per heavy atom. The minimum atomic E-state index is -0.444. The van der Waals surface area contributed by atoms with Gasteiger partial charge < -0.3 is 4.98 Å². The van der Waals surface area contributed by atoms with Gasteiger partial charge in [-0.25, -0.2) is 4.98 Å². The van der Waals surface area contributed by atoms with Gasteiger partial charge in [0.1, 0.15) is 10.7 Å². The lowest BCUT2D eigenvalue weighted by Gasteiger charge is -2.05. The van der Waals surface area contributed by atoms with Gasteiger partial charge in [-0.3, -0.25) is 20.4 Å². The predicted octanol–water partition coefficient (Wildman–Crippen LogP) is 3.30. The molecule has 134 valence electrons. The zero-order valence-corrected chi connectivity index (χ0v) is 15.0. The highest BCUT2D eigenvalue weighted by Crippen LogP contribution is 2.23. The number of thiazole rings is 1. The quantitative estimate of drug-likeness (QED) is 0.478. The molecular weight excluding hydrogens is 360 g/mol. The number of amides is 2. The molecule has 4 rings (SSSR count). The molecule has 2 amide bonds. The van der Waals surface area contributed by atoms with Gasteiger partial charge in [0, 0.05) is 28.0 Å². The van der Waals surface area contributed by atoms with Crippen molar-refractivity contribution in [2.45, 2.75) is 6.42 Å². The van der Waals surface area contributed by atoms with E-state index in [0.717, 1.165) is 27.0 Å². The number of H-pyrrole nitrogens is 1. The molecule has 3 N–H and O–H groups in total. The van der Waals surface area contributed by atoms with Crippen LogP contribution in [0.15, 0.2) is 66.2 Å². The van der Waals surface area contributed by atoms with Crippen LogP contribution in [0.1, 0.15) is 16.1 Å². The standard InChI is InChI=1S/C20H16N4O2S/c25-18(10-14-11-21-16-9-5-4-8-15(14)16)23-24-19(26)17-12-27-20(22-17)13-6-2-1-3-7-13/h1-9,11-12,21H,10H2,(H,23,25)(H,24,26). The van der Waals surface area contributed by atoms with Crippen LogP contribution in [0.2, 0.25) is 0 Å². The summed E-state index contributed by atoms with van der Waals surface area (Å²) in [5.41, 5.74) is 7.93. The van der Waals surface area contributed by atoms with Crippen LogP contribution in [0.25, 0.3) is 21.5 Å². The van der Waals surface area contributed by atoms with Crippen molar-refractivity contribution in [2.75, 3.05) is 0 Å². The average molecular weight is 376 g/mol. The summed E-state index contributed by atoms with van der Waals surface area (Å²) in [6, 6.07) is 17.4. The SMILES string of the molecule is O=C(Cc1c[nH]c2ccccc12)NNC(=O)c1csc(-c2ccccc2)n1. The van der Waals surface area contributed by atoms with Gasteiger partial charge in [0.25, 0.3) is 5.91 Å². The number of carbonyl (C=O) groups excluding carboxylic acids is 2. The first-order valence-corrected chi connectivity index (χ1v) is 9.24. The molecule has 7 heteroatoms. The van der Waals surface area contributed by atoms with Gasteiger partial charge in [-0.15, -0.1) is 11.3 Å². The van der Waals surface area contributed by atoms with Crippen molar-refractivity contribution < 1.29 is 9.59 Å². The number of rotatable bonds is 4. The summed E-state index contributed by atoms with van der Waals surface area (Å²) < 4.78 is 0. The Labute approximate surface area is 159 Å². The summed E-state index contributed by atoms with van der Waals surface area (Å²) in [4.78, 5) is 31.8. The molecule has 2 aromatic heterocycles. The number of hydrogen-bond acceptors (Lipinski definition) is 4. The molecule has 27 heavy (non-hydrogen) atoms. The molecule has 0 saturated heterocycles. The molecule has 2 aromatic carbocycles. The van der Waals surface area contributed by atoms with E-state index in [1.807, 2.05) is 54.6 Å². The van der Waals surface area contributed by atoms with Crippen LogP contribution in [0.5, 0.6) is 0 Å². The van der Waals surface area contributed by atoms with Gasteiger partial charge in [-0.1, -0.05) is 48.5 Å². The maximum absolute atomic E-state index is 12.2. The largest absolute Gasteiger partial charge is 0.361 e. The number of aromatic nitrogens is 2. The molecule has 0 radical (unpaired) electrons. The predicted molar refractivity (Wildman–Crippen MR) is 105 cm³/mol. The van der Waals surface area contributed by atoms with E-state index in [-0.39, 0.29) is 18.0 Å². The van der Waals surface area contributed by atoms with E-state index < -0.39 is 5.91 Å². The Kier molecular flexibility index (Phi) is 4.67. The van der Waals surface area contributed by atoms with Gasteiger partial charge in [-0.2, -0.15) is 0 Å². The molecule has 0 spiro atoms. The van der Waals surface area contributed by atoms with Crippen LogP contribution in [0.3, 0.4) is 0 Å². The van der Waals surface area contributed by atoms with Crippen LogP contribution in [-0.2, 0) is 11.2 Å². The molecule has 0 atom stereocenters. The topological polar surface area (TPSA) is 86.9 Å². The molecule has 0 bridgehead atoms. The second-order valence-corrected chi connectivity index (χ2v) is 6.80. The van der Waals surface area contributed by atoms with Gasteiger partial charge >= 0.3 is 0 Å². The fourth-order valence-electron chi connectivity index (χ4n) is 2.78. The molecule has 6 nitrogen and oxygen atoms in total. The van der Waals surface area contributed by atoms with Crippen molar-refractivity contribution in [2.24, 2.45) is 0 Å². The number of fused-ring (bicyclic) bond motifs is 1. The first kappa shape index (κ1) is 17.0. The number of aromatic amines is 1. The summed E-state index contributed by atoms with van der Waals surface area (Å²) in [5, 5.41) is 3.42. The zero-order chi connectivity index (χ0) is 18.6. The Morgan fingerprint density at radius 3 is 2.63 bits per heavy atom. The number of hydrazine groups is 1. The molecule has 0 unspecified atom stereocenters.